The number of thiocarbonyl (C=S) groups is 1. The van der Waals surface area contributed by atoms with E-state index in [2.05, 4.69) is 10.6 Å². The molecule has 3 atom stereocenters. The average Bonchev–Trinajstić information content (AvgIpc) is 3.18. The summed E-state index contributed by atoms with van der Waals surface area (Å²) in [5.41, 5.74) is -0.944. The maximum atomic E-state index is 12.9. The zero-order valence-electron chi connectivity index (χ0n) is 14.8. The fourth-order valence-electron chi connectivity index (χ4n) is 4.00. The number of alkyl halides is 3. The lowest BCUT2D eigenvalue weighted by Gasteiger charge is -2.28. The van der Waals surface area contributed by atoms with Gasteiger partial charge in [0, 0.05) is 18.8 Å². The quantitative estimate of drug-likeness (QED) is 0.714. The van der Waals surface area contributed by atoms with Crippen LogP contribution in [0.3, 0.4) is 0 Å². The Bertz CT molecular complexity index is 743. The van der Waals surface area contributed by atoms with Crippen LogP contribution in [0.15, 0.2) is 18.2 Å². The van der Waals surface area contributed by atoms with Gasteiger partial charge in [0.2, 0.25) is 5.91 Å². The van der Waals surface area contributed by atoms with Gasteiger partial charge >= 0.3 is 6.18 Å². The fraction of sp³-hybridized carbons (Fsp3) is 0.556. The number of carbonyl (C=O) groups excluding carboxylic acids is 1. The number of hydrogen-bond donors (Lipinski definition) is 2. The number of rotatable bonds is 4. The Balaban J connectivity index is 1.53. The van der Waals surface area contributed by atoms with Gasteiger partial charge in [0.1, 0.15) is 0 Å². The largest absolute Gasteiger partial charge is 0.417 e. The zero-order chi connectivity index (χ0) is 19.8. The molecule has 4 nitrogen and oxygen atoms in total. The number of carbonyl (C=O) groups is 1. The molecule has 1 amide bonds. The van der Waals surface area contributed by atoms with Crippen LogP contribution in [0.25, 0.3) is 0 Å². The van der Waals surface area contributed by atoms with Gasteiger partial charge in [-0.25, -0.2) is 0 Å². The Morgan fingerprint density at radius 1 is 1.33 bits per heavy atom. The summed E-state index contributed by atoms with van der Waals surface area (Å²) >= 11 is 11.0. The summed E-state index contributed by atoms with van der Waals surface area (Å²) in [5.74, 6) is 0.965. The van der Waals surface area contributed by atoms with Crippen molar-refractivity contribution in [2.45, 2.75) is 37.9 Å². The van der Waals surface area contributed by atoms with E-state index in [1.807, 2.05) is 0 Å². The third-order valence-electron chi connectivity index (χ3n) is 5.33. The first-order valence-electron chi connectivity index (χ1n) is 8.81. The lowest BCUT2D eigenvalue weighted by atomic mass is 9.95. The van der Waals surface area contributed by atoms with E-state index in [1.165, 1.54) is 25.3 Å². The topological polar surface area (TPSA) is 44.4 Å². The van der Waals surface area contributed by atoms with Crippen LogP contribution < -0.4 is 10.6 Å². The smallest absolute Gasteiger partial charge is 0.360 e. The van der Waals surface area contributed by atoms with E-state index >= 15 is 0 Å². The lowest BCUT2D eigenvalue weighted by molar-refractivity contribution is -0.137. The molecule has 0 heterocycles. The number of nitrogens with zero attached hydrogens (tertiary/aromatic N) is 1. The molecule has 2 bridgehead atoms. The number of hydrogen-bond acceptors (Lipinski definition) is 2. The highest BCUT2D eigenvalue weighted by Crippen LogP contribution is 2.44. The van der Waals surface area contributed by atoms with Gasteiger partial charge in [-0.3, -0.25) is 4.79 Å². The van der Waals surface area contributed by atoms with Crippen molar-refractivity contribution in [3.05, 3.63) is 28.8 Å². The minimum absolute atomic E-state index is 0.0390. The summed E-state index contributed by atoms with van der Waals surface area (Å²) in [6, 6.07) is 3.63. The summed E-state index contributed by atoms with van der Waals surface area (Å²) in [7, 11) is 1.69. The van der Waals surface area contributed by atoms with E-state index in [-0.39, 0.29) is 12.2 Å². The number of nitrogens with one attached hydrogen (secondary N) is 2. The fourth-order valence-corrected chi connectivity index (χ4v) is 4.44. The van der Waals surface area contributed by atoms with Gasteiger partial charge in [-0.2, -0.15) is 13.2 Å². The SMILES string of the molecule is CN(CC(=O)Nc1ccc(Cl)c(C(F)(F)F)c1)C(=S)NC1CC2CCC1C2. The normalized spacial score (nSPS) is 24.0. The van der Waals surface area contributed by atoms with E-state index in [0.29, 0.717) is 17.1 Å². The predicted molar refractivity (Wildman–Crippen MR) is 103 cm³/mol. The van der Waals surface area contributed by atoms with Gasteiger partial charge in [-0.05, 0) is 61.5 Å². The Morgan fingerprint density at radius 2 is 2.07 bits per heavy atom. The van der Waals surface area contributed by atoms with Gasteiger partial charge in [0.05, 0.1) is 17.1 Å². The molecule has 2 saturated carbocycles. The molecule has 0 aliphatic heterocycles. The van der Waals surface area contributed by atoms with Gasteiger partial charge in [-0.15, -0.1) is 0 Å². The lowest BCUT2D eigenvalue weighted by Crippen LogP contribution is -2.47. The summed E-state index contributed by atoms with van der Waals surface area (Å²) in [4.78, 5) is 13.8. The highest BCUT2D eigenvalue weighted by molar-refractivity contribution is 7.80. The van der Waals surface area contributed by atoms with Crippen LogP contribution in [0.5, 0.6) is 0 Å². The number of benzene rings is 1. The van der Waals surface area contributed by atoms with Crippen molar-refractivity contribution in [1.29, 1.82) is 0 Å². The van der Waals surface area contributed by atoms with Crippen LogP contribution in [0.2, 0.25) is 5.02 Å². The van der Waals surface area contributed by atoms with Crippen molar-refractivity contribution in [1.82, 2.24) is 10.2 Å². The number of halogens is 4. The zero-order valence-corrected chi connectivity index (χ0v) is 16.3. The van der Waals surface area contributed by atoms with Crippen molar-refractivity contribution < 1.29 is 18.0 Å². The second-order valence-corrected chi connectivity index (χ2v) is 8.12. The molecule has 1 aromatic rings. The van der Waals surface area contributed by atoms with Crippen molar-refractivity contribution in [3.63, 3.8) is 0 Å². The number of amides is 1. The Labute approximate surface area is 166 Å². The summed E-state index contributed by atoms with van der Waals surface area (Å²) < 4.78 is 38.7. The first-order valence-corrected chi connectivity index (χ1v) is 9.60. The van der Waals surface area contributed by atoms with E-state index in [1.54, 1.807) is 11.9 Å². The standard InChI is InChI=1S/C18H21ClF3N3OS/c1-25(17(27)24-15-7-10-2-3-11(15)6-10)9-16(26)23-12-4-5-14(19)13(8-12)18(20,21)22/h4-5,8,10-11,15H,2-3,6-7,9H2,1H3,(H,23,26)(H,24,27). The molecular formula is C18H21ClF3N3OS. The number of likely N-dealkylation sites (N-methyl/N-ethyl adjacent to an activating group) is 1. The predicted octanol–water partition coefficient (Wildman–Crippen LogP) is 4.29. The van der Waals surface area contributed by atoms with Crippen molar-refractivity contribution in [3.8, 4) is 0 Å². The van der Waals surface area contributed by atoms with Gasteiger partial charge < -0.3 is 15.5 Å². The molecule has 148 valence electrons. The molecule has 3 rings (SSSR count). The molecule has 27 heavy (non-hydrogen) atoms. The molecule has 9 heteroatoms. The van der Waals surface area contributed by atoms with Gasteiger partial charge in [-0.1, -0.05) is 18.0 Å². The van der Waals surface area contributed by atoms with E-state index in [9.17, 15) is 18.0 Å². The summed E-state index contributed by atoms with van der Waals surface area (Å²) in [5, 5.41) is 5.86. The van der Waals surface area contributed by atoms with Crippen molar-refractivity contribution >= 4 is 40.5 Å². The monoisotopic (exact) mass is 419 g/mol. The van der Waals surface area contributed by atoms with E-state index < -0.39 is 22.7 Å². The second kappa shape index (κ2) is 7.83. The molecule has 2 aliphatic rings. The Kier molecular flexibility index (Phi) is 5.86. The molecule has 2 N–H and O–H groups in total. The molecule has 0 saturated heterocycles. The average molecular weight is 420 g/mol. The van der Waals surface area contributed by atoms with Crippen LogP contribution in [-0.2, 0) is 11.0 Å². The Hall–Kier alpha value is -1.54. The maximum absolute atomic E-state index is 12.9. The maximum Gasteiger partial charge on any atom is 0.417 e. The first-order chi connectivity index (χ1) is 12.6. The number of fused-ring (bicyclic) bond motifs is 2. The van der Waals surface area contributed by atoms with Crippen LogP contribution in [-0.4, -0.2) is 35.6 Å². The minimum atomic E-state index is -4.58. The first kappa shape index (κ1) is 20.2. The highest BCUT2D eigenvalue weighted by atomic mass is 35.5. The van der Waals surface area contributed by atoms with Crippen LogP contribution in [0.4, 0.5) is 18.9 Å². The molecular weight excluding hydrogens is 399 g/mol. The minimum Gasteiger partial charge on any atom is -0.360 e. The molecule has 0 radical (unpaired) electrons. The van der Waals surface area contributed by atoms with Gasteiger partial charge in [0.15, 0.2) is 5.11 Å². The van der Waals surface area contributed by atoms with E-state index in [4.69, 9.17) is 23.8 Å². The molecule has 2 aliphatic carbocycles. The second-order valence-electron chi connectivity index (χ2n) is 7.33. The summed E-state index contributed by atoms with van der Waals surface area (Å²) in [6.45, 7) is -0.0589. The third-order valence-corrected chi connectivity index (χ3v) is 6.09. The number of anilines is 1. The Morgan fingerprint density at radius 3 is 2.67 bits per heavy atom. The van der Waals surface area contributed by atoms with Crippen LogP contribution in [0, 0.1) is 11.8 Å². The molecule has 2 fully saturated rings. The van der Waals surface area contributed by atoms with Crippen LogP contribution >= 0.6 is 23.8 Å². The molecule has 3 unspecified atom stereocenters. The third kappa shape index (κ3) is 4.85. The molecule has 1 aromatic carbocycles. The van der Waals surface area contributed by atoms with E-state index in [0.717, 1.165) is 24.5 Å². The van der Waals surface area contributed by atoms with Crippen LogP contribution in [0.1, 0.15) is 31.2 Å². The van der Waals surface area contributed by atoms with Gasteiger partial charge in [0.25, 0.3) is 0 Å². The molecule has 0 aromatic heterocycles. The summed E-state index contributed by atoms with van der Waals surface area (Å²) in [6.07, 6.45) is 0.265. The molecule has 0 spiro atoms. The van der Waals surface area contributed by atoms with Crippen molar-refractivity contribution in [2.75, 3.05) is 18.9 Å². The highest BCUT2D eigenvalue weighted by Gasteiger charge is 2.40. The van der Waals surface area contributed by atoms with Crippen molar-refractivity contribution in [2.24, 2.45) is 11.8 Å².